The van der Waals surface area contributed by atoms with E-state index in [1.165, 1.54) is 11.4 Å². The summed E-state index contributed by atoms with van der Waals surface area (Å²) in [7, 11) is 1.32. The Morgan fingerprint density at radius 1 is 1.21 bits per heavy atom. The normalized spacial score (nSPS) is 12.1. The Bertz CT molecular complexity index is 942. The first-order valence-electron chi connectivity index (χ1n) is 8.66. The van der Waals surface area contributed by atoms with Gasteiger partial charge in [-0.1, -0.05) is 30.3 Å². The van der Waals surface area contributed by atoms with Crippen molar-refractivity contribution in [3.63, 3.8) is 0 Å². The van der Waals surface area contributed by atoms with Gasteiger partial charge < -0.3 is 13.9 Å². The average molecular weight is 398 g/mol. The summed E-state index contributed by atoms with van der Waals surface area (Å²) in [6.45, 7) is 0.561. The van der Waals surface area contributed by atoms with Crippen molar-refractivity contribution >= 4 is 17.2 Å². The number of para-hydroxylation sites is 1. The average Bonchev–Trinajstić information content (AvgIpc) is 3.25. The molecule has 0 saturated heterocycles. The number of nitrogens with zero attached hydrogens (tertiary/aromatic N) is 3. The minimum absolute atomic E-state index is 0.227. The van der Waals surface area contributed by atoms with Gasteiger partial charge in [0.15, 0.2) is 0 Å². The molecular weight excluding hydrogens is 378 g/mol. The van der Waals surface area contributed by atoms with Crippen molar-refractivity contribution in [1.82, 2.24) is 13.9 Å². The Morgan fingerprint density at radius 3 is 2.61 bits per heavy atom. The Balaban J connectivity index is 1.70. The summed E-state index contributed by atoms with van der Waals surface area (Å²) in [5.41, 5.74) is 3.21. The first-order chi connectivity index (χ1) is 13.6. The molecule has 0 aliphatic heterocycles. The first kappa shape index (κ1) is 19.9. The highest BCUT2D eigenvalue weighted by Crippen LogP contribution is 2.16. The Kier molecular flexibility index (Phi) is 6.70. The van der Waals surface area contributed by atoms with Crippen LogP contribution >= 0.6 is 0 Å². The quantitative estimate of drug-likeness (QED) is 0.430. The van der Waals surface area contributed by atoms with Crippen LogP contribution < -0.4 is 0 Å². The number of carbonyl (C=O) groups is 1. The molecule has 0 fully saturated rings. The van der Waals surface area contributed by atoms with Gasteiger partial charge in [0.1, 0.15) is 0 Å². The molecule has 1 aromatic heterocycles. The largest absolute Gasteiger partial charge is 0.760 e. The van der Waals surface area contributed by atoms with Crippen molar-refractivity contribution in [2.24, 2.45) is 0 Å². The molecule has 7 nitrogen and oxygen atoms in total. The molecule has 146 valence electrons. The zero-order chi connectivity index (χ0) is 19.9. The van der Waals surface area contributed by atoms with E-state index in [4.69, 9.17) is 0 Å². The van der Waals surface area contributed by atoms with Crippen LogP contribution in [0.4, 0.5) is 0 Å². The van der Waals surface area contributed by atoms with E-state index in [9.17, 15) is 13.6 Å². The third-order valence-electron chi connectivity index (χ3n) is 4.35. The van der Waals surface area contributed by atoms with Crippen LogP contribution in [0.15, 0.2) is 67.3 Å². The molecule has 8 heteroatoms. The van der Waals surface area contributed by atoms with E-state index in [1.807, 2.05) is 35.0 Å². The van der Waals surface area contributed by atoms with E-state index in [0.717, 1.165) is 16.8 Å². The van der Waals surface area contributed by atoms with Crippen LogP contribution in [0, 0.1) is 0 Å². The monoisotopic (exact) mass is 398 g/mol. The van der Waals surface area contributed by atoms with E-state index >= 15 is 0 Å². The summed E-state index contributed by atoms with van der Waals surface area (Å²) in [6, 6.07) is 14.5. The van der Waals surface area contributed by atoms with Crippen LogP contribution in [-0.4, -0.2) is 42.2 Å². The molecule has 1 atom stereocenters. The number of imidazole rings is 1. The van der Waals surface area contributed by atoms with Crippen molar-refractivity contribution in [2.45, 2.75) is 13.0 Å². The van der Waals surface area contributed by atoms with Gasteiger partial charge >= 0.3 is 5.97 Å². The lowest BCUT2D eigenvalue weighted by Gasteiger charge is -2.25. The van der Waals surface area contributed by atoms with Gasteiger partial charge in [-0.3, -0.25) is 4.21 Å². The van der Waals surface area contributed by atoms with Crippen LogP contribution in [0.2, 0.25) is 0 Å². The highest BCUT2D eigenvalue weighted by atomic mass is 32.2. The second-order valence-corrected chi connectivity index (χ2v) is 7.07. The Morgan fingerprint density at radius 2 is 1.96 bits per heavy atom. The topological polar surface area (TPSA) is 87.5 Å². The zero-order valence-corrected chi connectivity index (χ0v) is 16.2. The fourth-order valence-corrected chi connectivity index (χ4v) is 3.39. The summed E-state index contributed by atoms with van der Waals surface area (Å²) in [5.74, 6) is -0.424. The highest BCUT2D eigenvalue weighted by molar-refractivity contribution is 7.76. The first-order valence-corrected chi connectivity index (χ1v) is 9.69. The Labute approximate surface area is 166 Å². The van der Waals surface area contributed by atoms with E-state index in [0.29, 0.717) is 18.5 Å². The third-order valence-corrected chi connectivity index (χ3v) is 5.08. The number of ether oxygens (including phenoxy) is 1. The number of hydrogen-bond acceptors (Lipinski definition) is 5. The molecular formula is C20H20N3O4S-. The molecule has 0 saturated carbocycles. The highest BCUT2D eigenvalue weighted by Gasteiger charge is 2.11. The minimum Gasteiger partial charge on any atom is -0.760 e. The lowest BCUT2D eigenvalue weighted by Crippen LogP contribution is -2.28. The number of hydrogen-bond donors (Lipinski definition) is 0. The lowest BCUT2D eigenvalue weighted by atomic mass is 10.1. The van der Waals surface area contributed by atoms with Gasteiger partial charge in [-0.2, -0.15) is 0 Å². The van der Waals surface area contributed by atoms with Gasteiger partial charge in [0, 0.05) is 42.4 Å². The van der Waals surface area contributed by atoms with Crippen molar-refractivity contribution in [2.75, 3.05) is 13.7 Å². The maximum Gasteiger partial charge on any atom is 0.337 e. The summed E-state index contributed by atoms with van der Waals surface area (Å²) < 4.78 is 31.3. The third kappa shape index (κ3) is 4.92. The lowest BCUT2D eigenvalue weighted by molar-refractivity contribution is 0.0600. The van der Waals surface area contributed by atoms with Gasteiger partial charge in [-0.25, -0.2) is 14.1 Å². The standard InChI is InChI=1S/C20H21N3O4S/c1-27-20(24)18-8-6-16(7-9-18)14-23(28(25)26)12-10-17-4-2-3-5-19(17)22-13-11-21-15-22/h2-9,11,13,15H,10,12,14H2,1H3,(H,25,26)/p-1. The molecule has 28 heavy (non-hydrogen) atoms. The summed E-state index contributed by atoms with van der Waals surface area (Å²) >= 11 is -2.36. The van der Waals surface area contributed by atoms with Crippen LogP contribution in [0.1, 0.15) is 21.5 Å². The maximum absolute atomic E-state index is 11.7. The zero-order valence-electron chi connectivity index (χ0n) is 15.4. The summed E-state index contributed by atoms with van der Waals surface area (Å²) in [5, 5.41) is 0. The van der Waals surface area contributed by atoms with Gasteiger partial charge in [-0.15, -0.1) is 0 Å². The fourth-order valence-electron chi connectivity index (χ4n) is 2.89. The Hall–Kier alpha value is -2.81. The predicted molar refractivity (Wildman–Crippen MR) is 104 cm³/mol. The van der Waals surface area contributed by atoms with Gasteiger partial charge in [0.2, 0.25) is 0 Å². The number of aromatic nitrogens is 2. The molecule has 0 radical (unpaired) electrons. The number of methoxy groups -OCH3 is 1. The summed E-state index contributed by atoms with van der Waals surface area (Å²) in [4.78, 5) is 15.6. The molecule has 3 aromatic rings. The number of esters is 1. The molecule has 0 amide bonds. The molecule has 1 unspecified atom stereocenters. The van der Waals surface area contributed by atoms with E-state index in [-0.39, 0.29) is 6.54 Å². The molecule has 0 N–H and O–H groups in total. The van der Waals surface area contributed by atoms with Crippen molar-refractivity contribution in [1.29, 1.82) is 0 Å². The fraction of sp³-hybridized carbons (Fsp3) is 0.200. The second kappa shape index (κ2) is 9.41. The molecule has 0 spiro atoms. The van der Waals surface area contributed by atoms with Crippen LogP contribution in [-0.2, 0) is 29.0 Å². The predicted octanol–water partition coefficient (Wildman–Crippen LogP) is 2.50. The molecule has 3 rings (SSSR count). The SMILES string of the molecule is COC(=O)c1ccc(CN(CCc2ccccc2-n2ccnc2)S(=O)[O-])cc1. The van der Waals surface area contributed by atoms with Crippen LogP contribution in [0.5, 0.6) is 0 Å². The molecule has 0 aliphatic carbocycles. The minimum atomic E-state index is -2.36. The number of rotatable bonds is 8. The van der Waals surface area contributed by atoms with Crippen molar-refractivity contribution < 1.29 is 18.3 Å². The second-order valence-electron chi connectivity index (χ2n) is 6.12. The van der Waals surface area contributed by atoms with E-state index in [1.54, 1.807) is 36.8 Å². The molecule has 2 aromatic carbocycles. The molecule has 1 heterocycles. The van der Waals surface area contributed by atoms with Crippen molar-refractivity contribution in [3.8, 4) is 5.69 Å². The van der Waals surface area contributed by atoms with Crippen molar-refractivity contribution in [3.05, 3.63) is 83.9 Å². The van der Waals surface area contributed by atoms with Gasteiger partial charge in [0.25, 0.3) is 0 Å². The van der Waals surface area contributed by atoms with E-state index in [2.05, 4.69) is 9.72 Å². The van der Waals surface area contributed by atoms with Crippen LogP contribution in [0.25, 0.3) is 5.69 Å². The molecule has 0 aliphatic rings. The maximum atomic E-state index is 11.7. The van der Waals surface area contributed by atoms with Gasteiger partial charge in [0.05, 0.1) is 19.0 Å². The smallest absolute Gasteiger partial charge is 0.337 e. The number of carbonyl (C=O) groups excluding carboxylic acids is 1. The number of benzene rings is 2. The molecule has 0 bridgehead atoms. The summed E-state index contributed by atoms with van der Waals surface area (Å²) in [6.07, 6.45) is 5.83. The van der Waals surface area contributed by atoms with Crippen LogP contribution in [0.3, 0.4) is 0 Å². The van der Waals surface area contributed by atoms with E-state index < -0.39 is 17.2 Å². The van der Waals surface area contributed by atoms with Gasteiger partial charge in [-0.05, 0) is 35.7 Å².